The van der Waals surface area contributed by atoms with Crippen molar-refractivity contribution in [2.45, 2.75) is 32.2 Å². The highest BCUT2D eigenvalue weighted by Gasteiger charge is 2.26. The maximum Gasteiger partial charge on any atom is 0.306 e. The lowest BCUT2D eigenvalue weighted by atomic mass is 9.82. The second-order valence-electron chi connectivity index (χ2n) is 7.80. The van der Waals surface area contributed by atoms with Crippen LogP contribution >= 0.6 is 0 Å². The van der Waals surface area contributed by atoms with E-state index in [0.29, 0.717) is 43.4 Å². The first-order chi connectivity index (χ1) is 14.6. The van der Waals surface area contributed by atoms with Crippen molar-refractivity contribution < 1.29 is 19.1 Å². The Kier molecular flexibility index (Phi) is 5.97. The summed E-state index contributed by atoms with van der Waals surface area (Å²) in [6.07, 6.45) is 6.50. The van der Waals surface area contributed by atoms with E-state index in [1.54, 1.807) is 12.3 Å². The normalized spacial score (nSPS) is 18.8. The summed E-state index contributed by atoms with van der Waals surface area (Å²) in [5.74, 6) is -0.194. The molecule has 0 unspecified atom stereocenters. The number of nitrogens with one attached hydrogen (secondary N) is 1. The minimum Gasteiger partial charge on any atom is -0.481 e. The summed E-state index contributed by atoms with van der Waals surface area (Å²) >= 11 is 0. The molecule has 1 aliphatic carbocycles. The van der Waals surface area contributed by atoms with Gasteiger partial charge in [0.25, 0.3) is 5.91 Å². The maximum atomic E-state index is 12.7. The van der Waals surface area contributed by atoms with Crippen molar-refractivity contribution in [2.75, 3.05) is 6.54 Å². The van der Waals surface area contributed by atoms with Gasteiger partial charge in [-0.15, -0.1) is 0 Å². The number of aliphatic carboxylic acids is 1. The van der Waals surface area contributed by atoms with E-state index in [9.17, 15) is 9.59 Å². The van der Waals surface area contributed by atoms with Crippen LogP contribution in [-0.2, 0) is 11.3 Å². The molecule has 2 aromatic heterocycles. The van der Waals surface area contributed by atoms with Crippen molar-refractivity contribution in [3.63, 3.8) is 0 Å². The molecule has 2 N–H and O–H groups in total. The van der Waals surface area contributed by atoms with Gasteiger partial charge in [0.05, 0.1) is 18.2 Å². The molecule has 7 heteroatoms. The van der Waals surface area contributed by atoms with Gasteiger partial charge in [-0.2, -0.15) is 0 Å². The largest absolute Gasteiger partial charge is 0.481 e. The SMILES string of the molecule is O=C(NCC1CCC(C(=O)O)CC1)c1cccn1Cc1coc(-c2ccccc2)n1. The van der Waals surface area contributed by atoms with Crippen molar-refractivity contribution in [1.82, 2.24) is 14.9 Å². The van der Waals surface area contributed by atoms with E-state index in [1.165, 1.54) is 0 Å². The number of hydrogen-bond donors (Lipinski definition) is 2. The summed E-state index contributed by atoms with van der Waals surface area (Å²) < 4.78 is 7.44. The van der Waals surface area contributed by atoms with Gasteiger partial charge in [-0.25, -0.2) is 4.98 Å². The van der Waals surface area contributed by atoms with Gasteiger partial charge in [-0.3, -0.25) is 9.59 Å². The fraction of sp³-hybridized carbons (Fsp3) is 0.348. The Morgan fingerprint density at radius 3 is 2.60 bits per heavy atom. The number of amides is 1. The number of rotatable bonds is 7. The number of carboxylic acids is 1. The molecule has 3 aromatic rings. The predicted molar refractivity (Wildman–Crippen MR) is 111 cm³/mol. The molecule has 0 saturated heterocycles. The predicted octanol–water partition coefficient (Wildman–Crippen LogP) is 3.81. The maximum absolute atomic E-state index is 12.7. The number of benzene rings is 1. The third-order valence-electron chi connectivity index (χ3n) is 5.71. The van der Waals surface area contributed by atoms with Crippen LogP contribution in [0.15, 0.2) is 59.3 Å². The monoisotopic (exact) mass is 407 g/mol. The van der Waals surface area contributed by atoms with E-state index >= 15 is 0 Å². The van der Waals surface area contributed by atoms with Crippen LogP contribution in [0.2, 0.25) is 0 Å². The van der Waals surface area contributed by atoms with Gasteiger partial charge in [-0.1, -0.05) is 18.2 Å². The van der Waals surface area contributed by atoms with Gasteiger partial charge in [0.15, 0.2) is 0 Å². The first-order valence-electron chi connectivity index (χ1n) is 10.3. The number of aromatic nitrogens is 2. The van der Waals surface area contributed by atoms with Gasteiger partial charge in [0, 0.05) is 18.3 Å². The number of carbonyl (C=O) groups is 2. The van der Waals surface area contributed by atoms with Crippen LogP contribution in [0.1, 0.15) is 41.9 Å². The minimum atomic E-state index is -0.710. The van der Waals surface area contributed by atoms with E-state index in [1.807, 2.05) is 47.2 Å². The molecule has 7 nitrogen and oxygen atoms in total. The van der Waals surface area contributed by atoms with Crippen molar-refractivity contribution in [3.8, 4) is 11.5 Å². The third-order valence-corrected chi connectivity index (χ3v) is 5.71. The van der Waals surface area contributed by atoms with Crippen molar-refractivity contribution in [3.05, 3.63) is 66.3 Å². The van der Waals surface area contributed by atoms with Gasteiger partial charge < -0.3 is 19.4 Å². The Morgan fingerprint density at radius 2 is 1.87 bits per heavy atom. The highest BCUT2D eigenvalue weighted by molar-refractivity contribution is 5.92. The summed E-state index contributed by atoms with van der Waals surface area (Å²) in [5, 5.41) is 12.1. The van der Waals surface area contributed by atoms with Crippen molar-refractivity contribution in [2.24, 2.45) is 11.8 Å². The molecule has 30 heavy (non-hydrogen) atoms. The van der Waals surface area contributed by atoms with Crippen LogP contribution in [0.3, 0.4) is 0 Å². The van der Waals surface area contributed by atoms with Gasteiger partial charge in [0.1, 0.15) is 12.0 Å². The summed E-state index contributed by atoms with van der Waals surface area (Å²) in [4.78, 5) is 28.3. The summed E-state index contributed by atoms with van der Waals surface area (Å²) in [7, 11) is 0. The quantitative estimate of drug-likeness (QED) is 0.621. The Hall–Kier alpha value is -3.35. The van der Waals surface area contributed by atoms with Crippen LogP contribution in [0.5, 0.6) is 0 Å². The highest BCUT2D eigenvalue weighted by atomic mass is 16.4. The molecule has 156 valence electrons. The molecule has 1 aliphatic rings. The van der Waals surface area contributed by atoms with E-state index in [4.69, 9.17) is 9.52 Å². The lowest BCUT2D eigenvalue weighted by Gasteiger charge is -2.26. The van der Waals surface area contributed by atoms with Crippen molar-refractivity contribution in [1.29, 1.82) is 0 Å². The van der Waals surface area contributed by atoms with Crippen LogP contribution in [0.25, 0.3) is 11.5 Å². The summed E-state index contributed by atoms with van der Waals surface area (Å²) in [6.45, 7) is 1.01. The zero-order valence-corrected chi connectivity index (χ0v) is 16.7. The molecular weight excluding hydrogens is 382 g/mol. The summed E-state index contributed by atoms with van der Waals surface area (Å²) in [6, 6.07) is 13.3. The molecule has 1 saturated carbocycles. The Balaban J connectivity index is 1.34. The standard InChI is InChI=1S/C23H25N3O4/c27-21(24-13-16-8-10-18(11-9-16)23(28)29)20-7-4-12-26(20)14-19-15-30-22(25-19)17-5-2-1-3-6-17/h1-7,12,15-16,18H,8-11,13-14H2,(H,24,27)(H,28,29). The lowest BCUT2D eigenvalue weighted by Crippen LogP contribution is -2.33. The average molecular weight is 407 g/mol. The lowest BCUT2D eigenvalue weighted by molar-refractivity contribution is -0.143. The first-order valence-corrected chi connectivity index (χ1v) is 10.3. The minimum absolute atomic E-state index is 0.132. The molecule has 1 amide bonds. The fourth-order valence-electron chi connectivity index (χ4n) is 3.97. The van der Waals surface area contributed by atoms with Gasteiger partial charge in [-0.05, 0) is 55.9 Å². The van der Waals surface area contributed by atoms with Crippen LogP contribution in [-0.4, -0.2) is 33.1 Å². The second kappa shape index (κ2) is 8.98. The molecule has 0 aliphatic heterocycles. The smallest absolute Gasteiger partial charge is 0.306 e. The molecular formula is C23H25N3O4. The molecule has 1 aromatic carbocycles. The first kappa shape index (κ1) is 19.9. The van der Waals surface area contributed by atoms with Gasteiger partial charge >= 0.3 is 5.97 Å². The zero-order valence-electron chi connectivity index (χ0n) is 16.7. The van der Waals surface area contributed by atoms with E-state index < -0.39 is 5.97 Å². The molecule has 0 atom stereocenters. The van der Waals surface area contributed by atoms with Crippen molar-refractivity contribution >= 4 is 11.9 Å². The van der Waals surface area contributed by atoms with Gasteiger partial charge in [0.2, 0.25) is 5.89 Å². The van der Waals surface area contributed by atoms with Crippen LogP contribution in [0.4, 0.5) is 0 Å². The number of hydrogen-bond acceptors (Lipinski definition) is 4. The van der Waals surface area contributed by atoms with E-state index in [2.05, 4.69) is 10.3 Å². The molecule has 0 spiro atoms. The Labute approximate surface area is 174 Å². The third kappa shape index (κ3) is 4.62. The Bertz CT molecular complexity index is 1000. The molecule has 1 fully saturated rings. The Morgan fingerprint density at radius 1 is 1.10 bits per heavy atom. The fourth-order valence-corrected chi connectivity index (χ4v) is 3.97. The average Bonchev–Trinajstić information content (AvgIpc) is 3.43. The number of oxazole rings is 1. The summed E-state index contributed by atoms with van der Waals surface area (Å²) in [5.41, 5.74) is 2.22. The molecule has 2 heterocycles. The van der Waals surface area contributed by atoms with Crippen LogP contribution < -0.4 is 5.32 Å². The highest BCUT2D eigenvalue weighted by Crippen LogP contribution is 2.28. The van der Waals surface area contributed by atoms with E-state index in [-0.39, 0.29) is 11.8 Å². The zero-order chi connectivity index (χ0) is 20.9. The molecule has 4 rings (SSSR count). The number of carbonyl (C=O) groups excluding carboxylic acids is 1. The second-order valence-corrected chi connectivity index (χ2v) is 7.80. The molecule has 0 radical (unpaired) electrons. The van der Waals surface area contributed by atoms with Crippen LogP contribution in [0, 0.1) is 11.8 Å². The number of nitrogens with zero attached hydrogens (tertiary/aromatic N) is 2. The van der Waals surface area contributed by atoms with E-state index in [0.717, 1.165) is 24.1 Å². The topological polar surface area (TPSA) is 97.4 Å². The molecule has 0 bridgehead atoms. The number of carboxylic acid groups (broad SMARTS) is 1.